The summed E-state index contributed by atoms with van der Waals surface area (Å²) in [5, 5.41) is 0. The molecule has 1 aromatic rings. The summed E-state index contributed by atoms with van der Waals surface area (Å²) >= 11 is 1.71. The molecule has 2 nitrogen and oxygen atoms in total. The second-order valence-corrected chi connectivity index (χ2v) is 6.64. The van der Waals surface area contributed by atoms with Crippen LogP contribution >= 0.6 is 11.8 Å². The SMILES string of the molecule is CSc1ccc(C(=O)CN(CC2CC2)C2CC2)cc1. The van der Waals surface area contributed by atoms with Crippen molar-refractivity contribution in [3.63, 3.8) is 0 Å². The number of rotatable bonds is 7. The van der Waals surface area contributed by atoms with E-state index in [9.17, 15) is 4.79 Å². The summed E-state index contributed by atoms with van der Waals surface area (Å²) in [5.41, 5.74) is 0.860. The Morgan fingerprint density at radius 1 is 1.21 bits per heavy atom. The van der Waals surface area contributed by atoms with E-state index in [1.54, 1.807) is 11.8 Å². The molecule has 3 heteroatoms. The van der Waals surface area contributed by atoms with E-state index in [1.807, 2.05) is 24.3 Å². The third-order valence-corrected chi connectivity index (χ3v) is 4.76. The summed E-state index contributed by atoms with van der Waals surface area (Å²) in [7, 11) is 0. The molecule has 0 N–H and O–H groups in total. The molecule has 0 heterocycles. The average molecular weight is 275 g/mol. The maximum absolute atomic E-state index is 12.3. The fourth-order valence-corrected chi connectivity index (χ4v) is 2.88. The van der Waals surface area contributed by atoms with Crippen molar-refractivity contribution >= 4 is 17.5 Å². The van der Waals surface area contributed by atoms with Gasteiger partial charge in [0.1, 0.15) is 0 Å². The first kappa shape index (κ1) is 13.2. The molecule has 0 aromatic heterocycles. The Kier molecular flexibility index (Phi) is 3.94. The van der Waals surface area contributed by atoms with Crippen LogP contribution in [-0.2, 0) is 0 Å². The molecule has 3 rings (SSSR count). The molecule has 0 amide bonds. The number of carbonyl (C=O) groups is 1. The summed E-state index contributed by atoms with van der Waals surface area (Å²) in [6.07, 6.45) is 7.35. The normalized spacial score (nSPS) is 18.8. The zero-order valence-corrected chi connectivity index (χ0v) is 12.3. The van der Waals surface area contributed by atoms with Gasteiger partial charge in [-0.05, 0) is 50.0 Å². The molecule has 2 aliphatic carbocycles. The van der Waals surface area contributed by atoms with Crippen LogP contribution in [0.25, 0.3) is 0 Å². The van der Waals surface area contributed by atoms with Gasteiger partial charge in [0.15, 0.2) is 5.78 Å². The number of ketones is 1. The van der Waals surface area contributed by atoms with Crippen LogP contribution in [0.3, 0.4) is 0 Å². The van der Waals surface area contributed by atoms with Crippen LogP contribution in [0.5, 0.6) is 0 Å². The fourth-order valence-electron chi connectivity index (χ4n) is 2.47. The molecule has 0 unspecified atom stereocenters. The minimum atomic E-state index is 0.278. The van der Waals surface area contributed by atoms with Crippen molar-refractivity contribution in [1.29, 1.82) is 0 Å². The maximum atomic E-state index is 12.3. The highest BCUT2D eigenvalue weighted by Gasteiger charge is 2.34. The standard InChI is InChI=1S/C16H21NOS/c1-19-15-8-4-13(5-9-15)16(18)11-17(14-6-7-14)10-12-2-3-12/h4-5,8-9,12,14H,2-3,6-7,10-11H2,1H3. The van der Waals surface area contributed by atoms with Gasteiger partial charge in [-0.2, -0.15) is 0 Å². The van der Waals surface area contributed by atoms with Crippen molar-refractivity contribution in [2.24, 2.45) is 5.92 Å². The monoisotopic (exact) mass is 275 g/mol. The van der Waals surface area contributed by atoms with Crippen LogP contribution in [-0.4, -0.2) is 36.1 Å². The number of thioether (sulfide) groups is 1. The largest absolute Gasteiger partial charge is 0.293 e. The lowest BCUT2D eigenvalue weighted by Crippen LogP contribution is -2.33. The van der Waals surface area contributed by atoms with Gasteiger partial charge in [-0.25, -0.2) is 0 Å². The van der Waals surface area contributed by atoms with Gasteiger partial charge in [-0.1, -0.05) is 12.1 Å². The topological polar surface area (TPSA) is 20.3 Å². The number of Topliss-reactive ketones (excluding diaryl/α,β-unsaturated/α-hetero) is 1. The fraction of sp³-hybridized carbons (Fsp3) is 0.562. The molecular formula is C16H21NOS. The van der Waals surface area contributed by atoms with Gasteiger partial charge in [0.2, 0.25) is 0 Å². The van der Waals surface area contributed by atoms with E-state index >= 15 is 0 Å². The van der Waals surface area contributed by atoms with Crippen molar-refractivity contribution in [3.8, 4) is 0 Å². The Hall–Kier alpha value is -0.800. The van der Waals surface area contributed by atoms with Crippen molar-refractivity contribution in [2.75, 3.05) is 19.3 Å². The predicted octanol–water partition coefficient (Wildman–Crippen LogP) is 3.47. The Balaban J connectivity index is 1.61. The van der Waals surface area contributed by atoms with E-state index in [0.717, 1.165) is 18.0 Å². The summed E-state index contributed by atoms with van der Waals surface area (Å²) in [4.78, 5) is 16.0. The third-order valence-electron chi connectivity index (χ3n) is 4.01. The van der Waals surface area contributed by atoms with Crippen molar-refractivity contribution in [3.05, 3.63) is 29.8 Å². The summed E-state index contributed by atoms with van der Waals surface area (Å²) in [5.74, 6) is 1.15. The molecule has 0 atom stereocenters. The molecule has 102 valence electrons. The molecular weight excluding hydrogens is 254 g/mol. The molecule has 0 aliphatic heterocycles. The van der Waals surface area contributed by atoms with Crippen LogP contribution in [0.4, 0.5) is 0 Å². The molecule has 0 spiro atoms. The molecule has 2 aliphatic rings. The van der Waals surface area contributed by atoms with Crippen LogP contribution in [0.2, 0.25) is 0 Å². The van der Waals surface area contributed by atoms with Crippen LogP contribution < -0.4 is 0 Å². The summed E-state index contributed by atoms with van der Waals surface area (Å²) in [6.45, 7) is 1.75. The van der Waals surface area contributed by atoms with Crippen molar-refractivity contribution in [2.45, 2.75) is 36.6 Å². The number of carbonyl (C=O) groups excluding carboxylic acids is 1. The van der Waals surface area contributed by atoms with Gasteiger partial charge in [-0.3, -0.25) is 9.69 Å². The molecule has 1 aromatic carbocycles. The zero-order valence-electron chi connectivity index (χ0n) is 11.5. The average Bonchev–Trinajstić information content (AvgIpc) is 3.29. The van der Waals surface area contributed by atoms with E-state index < -0.39 is 0 Å². The minimum Gasteiger partial charge on any atom is -0.293 e. The minimum absolute atomic E-state index is 0.278. The van der Waals surface area contributed by atoms with Gasteiger partial charge in [0, 0.05) is 23.0 Å². The van der Waals surface area contributed by atoms with Gasteiger partial charge >= 0.3 is 0 Å². The highest BCUT2D eigenvalue weighted by atomic mass is 32.2. The lowest BCUT2D eigenvalue weighted by molar-refractivity contribution is 0.0921. The highest BCUT2D eigenvalue weighted by Crippen LogP contribution is 2.34. The van der Waals surface area contributed by atoms with Gasteiger partial charge < -0.3 is 0 Å². The molecule has 2 saturated carbocycles. The van der Waals surface area contributed by atoms with Crippen LogP contribution in [0, 0.1) is 5.92 Å². The zero-order chi connectivity index (χ0) is 13.2. The maximum Gasteiger partial charge on any atom is 0.176 e. The molecule has 0 radical (unpaired) electrons. The Bertz CT molecular complexity index is 448. The quantitative estimate of drug-likeness (QED) is 0.561. The van der Waals surface area contributed by atoms with Crippen molar-refractivity contribution in [1.82, 2.24) is 4.90 Å². The first-order valence-electron chi connectivity index (χ1n) is 7.17. The Morgan fingerprint density at radius 2 is 1.89 bits per heavy atom. The van der Waals surface area contributed by atoms with Crippen LogP contribution in [0.15, 0.2) is 29.2 Å². The predicted molar refractivity (Wildman–Crippen MR) is 79.9 cm³/mol. The number of nitrogens with zero attached hydrogens (tertiary/aromatic N) is 1. The molecule has 19 heavy (non-hydrogen) atoms. The number of benzene rings is 1. The van der Waals surface area contributed by atoms with E-state index in [-0.39, 0.29) is 5.78 Å². The smallest absolute Gasteiger partial charge is 0.176 e. The van der Waals surface area contributed by atoms with Crippen LogP contribution in [0.1, 0.15) is 36.0 Å². The second kappa shape index (κ2) is 5.68. The van der Waals surface area contributed by atoms with Gasteiger partial charge in [-0.15, -0.1) is 11.8 Å². The Labute approximate surface area is 119 Å². The first-order chi connectivity index (χ1) is 9.26. The summed E-state index contributed by atoms with van der Waals surface area (Å²) < 4.78 is 0. The molecule has 0 bridgehead atoms. The highest BCUT2D eigenvalue weighted by molar-refractivity contribution is 7.98. The lowest BCUT2D eigenvalue weighted by atomic mass is 10.1. The van der Waals surface area contributed by atoms with Crippen molar-refractivity contribution < 1.29 is 4.79 Å². The molecule has 0 saturated heterocycles. The second-order valence-electron chi connectivity index (χ2n) is 5.76. The number of hydrogen-bond acceptors (Lipinski definition) is 3. The third kappa shape index (κ3) is 3.61. The van der Waals surface area contributed by atoms with Gasteiger partial charge in [0.25, 0.3) is 0 Å². The Morgan fingerprint density at radius 3 is 2.42 bits per heavy atom. The van der Waals surface area contributed by atoms with E-state index in [2.05, 4.69) is 11.2 Å². The first-order valence-corrected chi connectivity index (χ1v) is 8.40. The summed E-state index contributed by atoms with van der Waals surface area (Å²) in [6, 6.07) is 8.71. The molecule has 2 fully saturated rings. The lowest BCUT2D eigenvalue weighted by Gasteiger charge is -2.20. The van der Waals surface area contributed by atoms with E-state index in [4.69, 9.17) is 0 Å². The number of hydrogen-bond donors (Lipinski definition) is 0. The van der Waals surface area contributed by atoms with E-state index in [1.165, 1.54) is 30.6 Å². The van der Waals surface area contributed by atoms with E-state index in [0.29, 0.717) is 12.6 Å². The van der Waals surface area contributed by atoms with Gasteiger partial charge in [0.05, 0.1) is 6.54 Å².